The van der Waals surface area contributed by atoms with Gasteiger partial charge in [0.05, 0.1) is 0 Å². The van der Waals surface area contributed by atoms with Crippen LogP contribution in [0.3, 0.4) is 0 Å². The Balaban J connectivity index is 1.65. The molecule has 1 fully saturated rings. The summed E-state index contributed by atoms with van der Waals surface area (Å²) < 4.78 is 0. The van der Waals surface area contributed by atoms with E-state index in [0.717, 1.165) is 12.5 Å². The molecule has 1 aliphatic carbocycles. The largest absolute Gasteiger partial charge is 0.330 e. The Kier molecular flexibility index (Phi) is 5.37. The van der Waals surface area contributed by atoms with Crippen molar-refractivity contribution in [3.8, 4) is 0 Å². The van der Waals surface area contributed by atoms with Gasteiger partial charge in [0.25, 0.3) is 0 Å². The summed E-state index contributed by atoms with van der Waals surface area (Å²) in [6, 6.07) is 0. The lowest BCUT2D eigenvalue weighted by molar-refractivity contribution is 0.573. The van der Waals surface area contributed by atoms with Gasteiger partial charge in [0.2, 0.25) is 0 Å². The van der Waals surface area contributed by atoms with Gasteiger partial charge in [0, 0.05) is 0 Å². The molecule has 1 rings (SSSR count). The number of nitrogens with two attached hydrogens (primary N) is 1. The van der Waals surface area contributed by atoms with E-state index in [1.54, 1.807) is 0 Å². The third-order valence-electron chi connectivity index (χ3n) is 2.44. The lowest BCUT2D eigenvalue weighted by Gasteiger charge is -2.02. The first kappa shape index (κ1) is 10.0. The molecular formula is C10H22N2. The average molecular weight is 170 g/mol. The summed E-state index contributed by atoms with van der Waals surface area (Å²) in [6.45, 7) is 3.33. The van der Waals surface area contributed by atoms with Crippen LogP contribution in [0, 0.1) is 5.92 Å². The molecule has 0 amide bonds. The Morgan fingerprint density at radius 1 is 1.08 bits per heavy atom. The minimum absolute atomic E-state index is 0.857. The summed E-state index contributed by atoms with van der Waals surface area (Å²) in [5.41, 5.74) is 5.40. The molecule has 2 heteroatoms. The van der Waals surface area contributed by atoms with E-state index in [0.29, 0.717) is 0 Å². The van der Waals surface area contributed by atoms with Crippen molar-refractivity contribution in [3.63, 3.8) is 0 Å². The molecular weight excluding hydrogens is 148 g/mol. The lowest BCUT2D eigenvalue weighted by atomic mass is 10.2. The van der Waals surface area contributed by atoms with Gasteiger partial charge in [-0.05, 0) is 51.2 Å². The van der Waals surface area contributed by atoms with Crippen LogP contribution >= 0.6 is 0 Å². The first-order valence-corrected chi connectivity index (χ1v) is 5.34. The zero-order chi connectivity index (χ0) is 8.65. The van der Waals surface area contributed by atoms with Crippen LogP contribution in [-0.4, -0.2) is 19.6 Å². The Hall–Kier alpha value is -0.0800. The van der Waals surface area contributed by atoms with Gasteiger partial charge >= 0.3 is 0 Å². The molecule has 0 radical (unpaired) electrons. The van der Waals surface area contributed by atoms with E-state index >= 15 is 0 Å². The second-order valence-electron chi connectivity index (χ2n) is 3.85. The highest BCUT2D eigenvalue weighted by molar-refractivity contribution is 4.74. The lowest BCUT2D eigenvalue weighted by Crippen LogP contribution is -2.17. The molecule has 0 unspecified atom stereocenters. The predicted octanol–water partition coefficient (Wildman–Crippen LogP) is 1.51. The summed E-state index contributed by atoms with van der Waals surface area (Å²) in [4.78, 5) is 0. The maximum absolute atomic E-state index is 5.40. The van der Waals surface area contributed by atoms with Gasteiger partial charge < -0.3 is 11.1 Å². The molecule has 1 aliphatic rings. The summed E-state index contributed by atoms with van der Waals surface area (Å²) in [7, 11) is 0. The highest BCUT2D eigenvalue weighted by Crippen LogP contribution is 2.27. The topological polar surface area (TPSA) is 38.0 Å². The molecule has 72 valence electrons. The van der Waals surface area contributed by atoms with Gasteiger partial charge in [-0.25, -0.2) is 0 Å². The average Bonchev–Trinajstić information content (AvgIpc) is 2.87. The Bertz CT molecular complexity index is 100. The van der Waals surface area contributed by atoms with Gasteiger partial charge in [-0.3, -0.25) is 0 Å². The number of hydrogen-bond acceptors (Lipinski definition) is 2. The molecule has 3 N–H and O–H groups in total. The van der Waals surface area contributed by atoms with Crippen molar-refractivity contribution in [2.75, 3.05) is 19.6 Å². The molecule has 0 aromatic rings. The normalized spacial score (nSPS) is 16.8. The Morgan fingerprint density at radius 2 is 1.83 bits per heavy atom. The van der Waals surface area contributed by atoms with Crippen LogP contribution < -0.4 is 11.1 Å². The molecule has 2 nitrogen and oxygen atoms in total. The van der Waals surface area contributed by atoms with Crippen molar-refractivity contribution in [1.29, 1.82) is 0 Å². The predicted molar refractivity (Wildman–Crippen MR) is 53.1 cm³/mol. The molecule has 0 aromatic heterocycles. The fraction of sp³-hybridized carbons (Fsp3) is 1.00. The van der Waals surface area contributed by atoms with E-state index in [1.807, 2.05) is 0 Å². The number of unbranched alkanes of at least 4 members (excludes halogenated alkanes) is 3. The van der Waals surface area contributed by atoms with Gasteiger partial charge in [-0.1, -0.05) is 12.8 Å². The second-order valence-corrected chi connectivity index (χ2v) is 3.85. The summed E-state index contributed by atoms with van der Waals surface area (Å²) in [5.74, 6) is 1.02. The van der Waals surface area contributed by atoms with Gasteiger partial charge in [0.1, 0.15) is 0 Å². The van der Waals surface area contributed by atoms with Crippen molar-refractivity contribution < 1.29 is 0 Å². The standard InChI is InChI=1S/C10H22N2/c11-7-3-1-2-4-8-12-9-10-5-6-10/h10,12H,1-9,11H2. The van der Waals surface area contributed by atoms with Crippen LogP contribution in [-0.2, 0) is 0 Å². The Labute approximate surface area is 75.9 Å². The monoisotopic (exact) mass is 170 g/mol. The van der Waals surface area contributed by atoms with Crippen LogP contribution in [0.4, 0.5) is 0 Å². The van der Waals surface area contributed by atoms with Gasteiger partial charge in [-0.15, -0.1) is 0 Å². The van der Waals surface area contributed by atoms with E-state index in [9.17, 15) is 0 Å². The number of hydrogen-bond donors (Lipinski definition) is 2. The summed E-state index contributed by atoms with van der Waals surface area (Å²) in [6.07, 6.45) is 8.09. The molecule has 0 aromatic carbocycles. The minimum atomic E-state index is 0.857. The quantitative estimate of drug-likeness (QED) is 0.542. The van der Waals surface area contributed by atoms with Crippen LogP contribution in [0.1, 0.15) is 38.5 Å². The van der Waals surface area contributed by atoms with Crippen molar-refractivity contribution in [2.45, 2.75) is 38.5 Å². The van der Waals surface area contributed by atoms with Crippen molar-refractivity contribution >= 4 is 0 Å². The molecule has 0 heterocycles. The molecule has 0 aliphatic heterocycles. The number of rotatable bonds is 8. The van der Waals surface area contributed by atoms with Crippen LogP contribution in [0.2, 0.25) is 0 Å². The van der Waals surface area contributed by atoms with Crippen LogP contribution in [0.5, 0.6) is 0 Å². The number of nitrogens with one attached hydrogen (secondary N) is 1. The zero-order valence-electron chi connectivity index (χ0n) is 8.02. The maximum Gasteiger partial charge on any atom is -0.00205 e. The van der Waals surface area contributed by atoms with E-state index in [1.165, 1.54) is 51.6 Å². The zero-order valence-corrected chi connectivity index (χ0v) is 8.02. The smallest absolute Gasteiger partial charge is 0.00205 e. The van der Waals surface area contributed by atoms with Gasteiger partial charge in [-0.2, -0.15) is 0 Å². The van der Waals surface area contributed by atoms with E-state index in [4.69, 9.17) is 5.73 Å². The van der Waals surface area contributed by atoms with Gasteiger partial charge in [0.15, 0.2) is 0 Å². The SMILES string of the molecule is NCCCCCCNCC1CC1. The van der Waals surface area contributed by atoms with E-state index in [-0.39, 0.29) is 0 Å². The van der Waals surface area contributed by atoms with Crippen molar-refractivity contribution in [2.24, 2.45) is 11.7 Å². The summed E-state index contributed by atoms with van der Waals surface area (Å²) >= 11 is 0. The summed E-state index contributed by atoms with van der Waals surface area (Å²) in [5, 5.41) is 3.49. The van der Waals surface area contributed by atoms with Crippen molar-refractivity contribution in [1.82, 2.24) is 5.32 Å². The molecule has 0 spiro atoms. The first-order valence-electron chi connectivity index (χ1n) is 5.34. The molecule has 0 atom stereocenters. The molecule has 1 saturated carbocycles. The third-order valence-corrected chi connectivity index (χ3v) is 2.44. The second kappa shape index (κ2) is 6.44. The fourth-order valence-electron chi connectivity index (χ4n) is 1.38. The first-order chi connectivity index (χ1) is 5.93. The molecule has 0 saturated heterocycles. The third kappa shape index (κ3) is 5.56. The van der Waals surface area contributed by atoms with Crippen LogP contribution in [0.25, 0.3) is 0 Å². The minimum Gasteiger partial charge on any atom is -0.330 e. The maximum atomic E-state index is 5.40. The highest BCUT2D eigenvalue weighted by atomic mass is 14.9. The highest BCUT2D eigenvalue weighted by Gasteiger charge is 2.19. The van der Waals surface area contributed by atoms with Crippen LogP contribution in [0.15, 0.2) is 0 Å². The van der Waals surface area contributed by atoms with Crippen molar-refractivity contribution in [3.05, 3.63) is 0 Å². The molecule has 12 heavy (non-hydrogen) atoms. The van der Waals surface area contributed by atoms with E-state index in [2.05, 4.69) is 5.32 Å². The van der Waals surface area contributed by atoms with E-state index < -0.39 is 0 Å². The Morgan fingerprint density at radius 3 is 2.50 bits per heavy atom. The molecule has 0 bridgehead atoms. The fourth-order valence-corrected chi connectivity index (χ4v) is 1.38.